The van der Waals surface area contributed by atoms with Crippen molar-refractivity contribution < 1.29 is 19.1 Å². The van der Waals surface area contributed by atoms with Crippen molar-refractivity contribution in [2.24, 2.45) is 10.8 Å². The van der Waals surface area contributed by atoms with Crippen LogP contribution in [0.4, 0.5) is 0 Å². The zero-order valence-electron chi connectivity index (χ0n) is 16.2. The number of rotatable bonds is 7. The van der Waals surface area contributed by atoms with Crippen molar-refractivity contribution in [3.8, 4) is 0 Å². The highest BCUT2D eigenvalue weighted by Gasteiger charge is 2.23. The highest BCUT2D eigenvalue weighted by molar-refractivity contribution is 6.00. The fraction of sp³-hybridized carbons (Fsp3) is 0.789. The number of unbranched alkanes of at least 4 members (excludes halogenated alkanes) is 1. The minimum Gasteiger partial charge on any atom is -0.462 e. The molecule has 4 nitrogen and oxygen atoms in total. The van der Waals surface area contributed by atoms with Crippen molar-refractivity contribution >= 4 is 11.9 Å². The fourth-order valence-electron chi connectivity index (χ4n) is 1.68. The molecule has 0 saturated heterocycles. The monoisotopic (exact) mass is 326 g/mol. The molecule has 0 heterocycles. The van der Waals surface area contributed by atoms with Gasteiger partial charge >= 0.3 is 11.9 Å². The molecule has 0 aliphatic heterocycles. The van der Waals surface area contributed by atoms with Crippen LogP contribution in [-0.4, -0.2) is 25.2 Å². The van der Waals surface area contributed by atoms with Crippen molar-refractivity contribution in [3.05, 3.63) is 11.1 Å². The third-order valence-corrected chi connectivity index (χ3v) is 3.06. The fourth-order valence-corrected chi connectivity index (χ4v) is 1.68. The van der Waals surface area contributed by atoms with Crippen molar-refractivity contribution in [2.75, 3.05) is 13.2 Å². The van der Waals surface area contributed by atoms with E-state index >= 15 is 0 Å². The van der Waals surface area contributed by atoms with E-state index in [0.717, 1.165) is 12.8 Å². The first-order chi connectivity index (χ1) is 10.4. The number of carbonyl (C=O) groups is 2. The Hall–Kier alpha value is -1.32. The van der Waals surface area contributed by atoms with E-state index in [-0.39, 0.29) is 10.8 Å². The van der Waals surface area contributed by atoms with Gasteiger partial charge in [0.2, 0.25) is 0 Å². The second kappa shape index (κ2) is 9.09. The van der Waals surface area contributed by atoms with Gasteiger partial charge in [0.25, 0.3) is 0 Å². The first kappa shape index (κ1) is 21.7. The molecule has 0 aromatic heterocycles. The van der Waals surface area contributed by atoms with Gasteiger partial charge < -0.3 is 9.47 Å². The van der Waals surface area contributed by atoms with Crippen LogP contribution in [0.25, 0.3) is 0 Å². The molecule has 4 heteroatoms. The van der Waals surface area contributed by atoms with Crippen LogP contribution < -0.4 is 0 Å². The summed E-state index contributed by atoms with van der Waals surface area (Å²) in [6.45, 7) is 16.3. The molecule has 0 unspecified atom stereocenters. The molecule has 0 aromatic rings. The van der Waals surface area contributed by atoms with Gasteiger partial charge in [0.05, 0.1) is 13.2 Å². The maximum atomic E-state index is 12.4. The topological polar surface area (TPSA) is 52.6 Å². The molecule has 0 spiro atoms. The SMILES string of the molecule is CCCCC(C(=O)OCC(C)(C)C)=C(C)C(=O)OCC(C)(C)C. The molecule has 0 amide bonds. The molecular formula is C19H34O4. The average molecular weight is 326 g/mol. The van der Waals surface area contributed by atoms with Gasteiger partial charge in [-0.2, -0.15) is 0 Å². The van der Waals surface area contributed by atoms with E-state index in [2.05, 4.69) is 0 Å². The lowest BCUT2D eigenvalue weighted by Gasteiger charge is -2.20. The summed E-state index contributed by atoms with van der Waals surface area (Å²) in [5.74, 6) is -0.836. The van der Waals surface area contributed by atoms with Crippen LogP contribution in [0, 0.1) is 10.8 Å². The molecule has 0 aromatic carbocycles. The van der Waals surface area contributed by atoms with Gasteiger partial charge in [-0.15, -0.1) is 0 Å². The summed E-state index contributed by atoms with van der Waals surface area (Å²) in [7, 11) is 0. The van der Waals surface area contributed by atoms with Crippen molar-refractivity contribution in [2.45, 2.75) is 74.7 Å². The Labute approximate surface area is 141 Å². The van der Waals surface area contributed by atoms with E-state index in [1.807, 2.05) is 48.5 Å². The Morgan fingerprint density at radius 3 is 1.65 bits per heavy atom. The molecule has 0 N–H and O–H groups in total. The summed E-state index contributed by atoms with van der Waals surface area (Å²) in [4.78, 5) is 24.6. The molecule has 134 valence electrons. The Bertz CT molecular complexity index is 433. The minimum atomic E-state index is -0.432. The Morgan fingerprint density at radius 2 is 1.26 bits per heavy atom. The van der Waals surface area contributed by atoms with E-state index in [0.29, 0.717) is 30.8 Å². The number of hydrogen-bond donors (Lipinski definition) is 0. The zero-order chi connectivity index (χ0) is 18.3. The maximum Gasteiger partial charge on any atom is 0.334 e. The van der Waals surface area contributed by atoms with Crippen molar-refractivity contribution in [1.29, 1.82) is 0 Å². The molecule has 0 fully saturated rings. The first-order valence-corrected chi connectivity index (χ1v) is 8.41. The summed E-state index contributed by atoms with van der Waals surface area (Å²) in [5.41, 5.74) is 0.593. The van der Waals surface area contributed by atoms with Crippen LogP contribution in [0.2, 0.25) is 0 Å². The third kappa shape index (κ3) is 10.1. The Morgan fingerprint density at radius 1 is 0.826 bits per heavy atom. The largest absolute Gasteiger partial charge is 0.462 e. The Balaban J connectivity index is 5.09. The number of esters is 2. The molecule has 0 rings (SSSR count). The second-order valence-corrected chi connectivity index (χ2v) is 8.48. The van der Waals surface area contributed by atoms with Crippen LogP contribution in [0.3, 0.4) is 0 Å². The minimum absolute atomic E-state index is 0.105. The van der Waals surface area contributed by atoms with Gasteiger partial charge in [-0.25, -0.2) is 9.59 Å². The lowest BCUT2D eigenvalue weighted by molar-refractivity contribution is -0.145. The van der Waals surface area contributed by atoms with Crippen molar-refractivity contribution in [3.63, 3.8) is 0 Å². The molecule has 0 radical (unpaired) electrons. The van der Waals surface area contributed by atoms with E-state index < -0.39 is 11.9 Å². The number of ether oxygens (including phenoxy) is 2. The van der Waals surface area contributed by atoms with Gasteiger partial charge in [-0.3, -0.25) is 0 Å². The van der Waals surface area contributed by atoms with E-state index in [1.165, 1.54) is 0 Å². The predicted molar refractivity (Wildman–Crippen MR) is 93.1 cm³/mol. The van der Waals surface area contributed by atoms with E-state index in [1.54, 1.807) is 6.92 Å². The normalized spacial score (nSPS) is 13.4. The molecule has 0 aliphatic carbocycles. The molecule has 23 heavy (non-hydrogen) atoms. The molecular weight excluding hydrogens is 292 g/mol. The predicted octanol–water partition coefficient (Wildman–Crippen LogP) is 4.67. The average Bonchev–Trinajstić information content (AvgIpc) is 2.41. The molecule has 0 bridgehead atoms. The van der Waals surface area contributed by atoms with Crippen LogP contribution in [0.5, 0.6) is 0 Å². The summed E-state index contributed by atoms with van der Waals surface area (Å²) >= 11 is 0. The summed E-state index contributed by atoms with van der Waals surface area (Å²) < 4.78 is 10.7. The van der Waals surface area contributed by atoms with Crippen LogP contribution in [0.1, 0.15) is 74.7 Å². The molecule has 0 saturated carbocycles. The van der Waals surface area contributed by atoms with Crippen LogP contribution >= 0.6 is 0 Å². The first-order valence-electron chi connectivity index (χ1n) is 8.41. The summed E-state index contributed by atoms with van der Waals surface area (Å²) in [5, 5.41) is 0. The number of hydrogen-bond acceptors (Lipinski definition) is 4. The zero-order valence-corrected chi connectivity index (χ0v) is 16.2. The number of carbonyl (C=O) groups excluding carboxylic acids is 2. The standard InChI is InChI=1S/C19H34O4/c1-9-10-11-15(17(21)23-13-19(6,7)8)14(2)16(20)22-12-18(3,4)5/h9-13H2,1-8H3. The lowest BCUT2D eigenvalue weighted by Crippen LogP contribution is -2.23. The highest BCUT2D eigenvalue weighted by Crippen LogP contribution is 2.20. The van der Waals surface area contributed by atoms with Gasteiger partial charge in [0.1, 0.15) is 0 Å². The smallest absolute Gasteiger partial charge is 0.334 e. The molecule has 0 aliphatic rings. The van der Waals surface area contributed by atoms with Gasteiger partial charge in [0.15, 0.2) is 0 Å². The second-order valence-electron chi connectivity index (χ2n) is 8.48. The third-order valence-electron chi connectivity index (χ3n) is 3.06. The summed E-state index contributed by atoms with van der Waals surface area (Å²) in [6, 6.07) is 0. The van der Waals surface area contributed by atoms with Gasteiger partial charge in [0, 0.05) is 11.1 Å². The van der Waals surface area contributed by atoms with Crippen LogP contribution in [0.15, 0.2) is 11.1 Å². The lowest BCUT2D eigenvalue weighted by atomic mass is 9.98. The van der Waals surface area contributed by atoms with Gasteiger partial charge in [-0.1, -0.05) is 54.9 Å². The summed E-state index contributed by atoms with van der Waals surface area (Å²) in [6.07, 6.45) is 2.32. The highest BCUT2D eigenvalue weighted by atomic mass is 16.5. The van der Waals surface area contributed by atoms with Crippen molar-refractivity contribution in [1.82, 2.24) is 0 Å². The maximum absolute atomic E-state index is 12.4. The van der Waals surface area contributed by atoms with E-state index in [4.69, 9.17) is 9.47 Å². The Kier molecular flexibility index (Phi) is 8.57. The molecule has 0 atom stereocenters. The van der Waals surface area contributed by atoms with E-state index in [9.17, 15) is 9.59 Å². The van der Waals surface area contributed by atoms with Gasteiger partial charge in [-0.05, 0) is 30.6 Å². The van der Waals surface area contributed by atoms with Crippen LogP contribution in [-0.2, 0) is 19.1 Å². The quantitative estimate of drug-likeness (QED) is 0.504.